The van der Waals surface area contributed by atoms with Gasteiger partial charge < -0.3 is 9.15 Å². The molecule has 2 aromatic rings. The van der Waals surface area contributed by atoms with Crippen molar-refractivity contribution in [1.29, 1.82) is 0 Å². The van der Waals surface area contributed by atoms with Crippen LogP contribution in [0.1, 0.15) is 27.7 Å². The number of fused-ring (bicyclic) bond motifs is 3. The molecule has 0 spiro atoms. The largest absolute Gasteiger partial charge is 0.462 e. The summed E-state index contributed by atoms with van der Waals surface area (Å²) in [5.41, 5.74) is 1.22. The van der Waals surface area contributed by atoms with E-state index in [1.54, 1.807) is 24.3 Å². The predicted octanol–water partition coefficient (Wildman–Crippen LogP) is 2.64. The SMILES string of the molecule is CCOC(=O)c1cc2c(oc1=O)-c1ccsc1CC2. The summed E-state index contributed by atoms with van der Waals surface area (Å²) in [6, 6.07) is 3.56. The Morgan fingerprint density at radius 2 is 2.32 bits per heavy atom. The zero-order valence-electron chi connectivity index (χ0n) is 10.4. The molecular formula is C14H12O4S. The fraction of sp³-hybridized carbons (Fsp3) is 0.286. The van der Waals surface area contributed by atoms with Crippen LogP contribution >= 0.6 is 11.3 Å². The van der Waals surface area contributed by atoms with Gasteiger partial charge >= 0.3 is 11.6 Å². The smallest absolute Gasteiger partial charge is 0.351 e. The Kier molecular flexibility index (Phi) is 2.98. The van der Waals surface area contributed by atoms with Crippen molar-refractivity contribution < 1.29 is 13.9 Å². The highest BCUT2D eigenvalue weighted by Crippen LogP contribution is 2.36. The van der Waals surface area contributed by atoms with E-state index in [2.05, 4.69) is 0 Å². The molecule has 0 unspecified atom stereocenters. The lowest BCUT2D eigenvalue weighted by atomic mass is 9.95. The number of thiophene rings is 1. The molecule has 98 valence electrons. The molecule has 5 heteroatoms. The van der Waals surface area contributed by atoms with Crippen LogP contribution in [0, 0.1) is 0 Å². The first-order valence-electron chi connectivity index (χ1n) is 6.11. The fourth-order valence-electron chi connectivity index (χ4n) is 2.26. The van der Waals surface area contributed by atoms with E-state index in [-0.39, 0.29) is 12.2 Å². The normalized spacial score (nSPS) is 12.7. The second-order valence-electron chi connectivity index (χ2n) is 4.28. The van der Waals surface area contributed by atoms with Crippen molar-refractivity contribution in [2.45, 2.75) is 19.8 Å². The van der Waals surface area contributed by atoms with Crippen LogP contribution in [0.2, 0.25) is 0 Å². The molecular weight excluding hydrogens is 264 g/mol. The monoisotopic (exact) mass is 276 g/mol. The van der Waals surface area contributed by atoms with Crippen LogP contribution in [0.25, 0.3) is 11.3 Å². The Labute approximate surface area is 113 Å². The molecule has 2 aromatic heterocycles. The van der Waals surface area contributed by atoms with Crippen molar-refractivity contribution in [3.8, 4) is 11.3 Å². The van der Waals surface area contributed by atoms with E-state index in [9.17, 15) is 9.59 Å². The molecule has 0 fully saturated rings. The van der Waals surface area contributed by atoms with Gasteiger partial charge in [-0.3, -0.25) is 0 Å². The first-order chi connectivity index (χ1) is 9.20. The molecule has 0 amide bonds. The Balaban J connectivity index is 2.12. The van der Waals surface area contributed by atoms with E-state index in [1.165, 1.54) is 4.88 Å². The van der Waals surface area contributed by atoms with Gasteiger partial charge in [-0.05, 0) is 42.8 Å². The highest BCUT2D eigenvalue weighted by molar-refractivity contribution is 7.10. The highest BCUT2D eigenvalue weighted by atomic mass is 32.1. The summed E-state index contributed by atoms with van der Waals surface area (Å²) < 4.78 is 10.2. The molecule has 0 aromatic carbocycles. The maximum absolute atomic E-state index is 11.9. The van der Waals surface area contributed by atoms with Gasteiger partial charge in [0, 0.05) is 10.4 Å². The molecule has 1 aliphatic carbocycles. The van der Waals surface area contributed by atoms with Crippen LogP contribution in [-0.2, 0) is 17.6 Å². The molecule has 0 aliphatic heterocycles. The van der Waals surface area contributed by atoms with E-state index < -0.39 is 11.6 Å². The van der Waals surface area contributed by atoms with E-state index >= 15 is 0 Å². The molecule has 1 aliphatic rings. The topological polar surface area (TPSA) is 56.5 Å². The van der Waals surface area contributed by atoms with Crippen molar-refractivity contribution in [2.75, 3.05) is 6.61 Å². The third-order valence-corrected chi connectivity index (χ3v) is 4.11. The second-order valence-corrected chi connectivity index (χ2v) is 5.28. The highest BCUT2D eigenvalue weighted by Gasteiger charge is 2.23. The van der Waals surface area contributed by atoms with Gasteiger partial charge in [0.1, 0.15) is 11.3 Å². The first-order valence-corrected chi connectivity index (χ1v) is 6.99. The zero-order chi connectivity index (χ0) is 13.4. The number of ether oxygens (including phenoxy) is 1. The number of carbonyl (C=O) groups is 1. The maximum atomic E-state index is 11.9. The fourth-order valence-corrected chi connectivity index (χ4v) is 3.14. The summed E-state index contributed by atoms with van der Waals surface area (Å²) in [5.74, 6) is -0.0179. The van der Waals surface area contributed by atoms with Crippen LogP contribution in [0.15, 0.2) is 26.7 Å². The predicted molar refractivity (Wildman–Crippen MR) is 71.7 cm³/mol. The van der Waals surface area contributed by atoms with Crippen molar-refractivity contribution in [2.24, 2.45) is 0 Å². The lowest BCUT2D eigenvalue weighted by molar-refractivity contribution is 0.0521. The van der Waals surface area contributed by atoms with E-state index in [4.69, 9.17) is 9.15 Å². The van der Waals surface area contributed by atoms with Crippen molar-refractivity contribution in [1.82, 2.24) is 0 Å². The lowest BCUT2D eigenvalue weighted by Gasteiger charge is -2.14. The maximum Gasteiger partial charge on any atom is 0.351 e. The average Bonchev–Trinajstić information content (AvgIpc) is 2.87. The first kappa shape index (κ1) is 12.2. The summed E-state index contributed by atoms with van der Waals surface area (Å²) in [4.78, 5) is 24.8. The van der Waals surface area contributed by atoms with Crippen LogP contribution in [-0.4, -0.2) is 12.6 Å². The van der Waals surface area contributed by atoms with Gasteiger partial charge in [0.25, 0.3) is 0 Å². The summed E-state index contributed by atoms with van der Waals surface area (Å²) in [5, 5.41) is 1.99. The molecule has 4 nitrogen and oxygen atoms in total. The summed E-state index contributed by atoms with van der Waals surface area (Å²) >= 11 is 1.66. The average molecular weight is 276 g/mol. The lowest BCUT2D eigenvalue weighted by Crippen LogP contribution is -2.19. The molecule has 0 radical (unpaired) electrons. The number of hydrogen-bond acceptors (Lipinski definition) is 5. The molecule has 0 saturated carbocycles. The Morgan fingerprint density at radius 3 is 3.11 bits per heavy atom. The van der Waals surface area contributed by atoms with E-state index in [1.807, 2.05) is 11.4 Å². The third kappa shape index (κ3) is 2.00. The van der Waals surface area contributed by atoms with Gasteiger partial charge in [-0.1, -0.05) is 0 Å². The van der Waals surface area contributed by atoms with E-state index in [0.29, 0.717) is 5.76 Å². The summed E-state index contributed by atoms with van der Waals surface area (Å²) in [6.07, 6.45) is 1.69. The van der Waals surface area contributed by atoms with Crippen molar-refractivity contribution in [3.05, 3.63) is 43.9 Å². The van der Waals surface area contributed by atoms with Gasteiger partial charge in [-0.15, -0.1) is 11.3 Å². The summed E-state index contributed by atoms with van der Waals surface area (Å²) in [7, 11) is 0. The molecule has 0 N–H and O–H groups in total. The number of esters is 1. The van der Waals surface area contributed by atoms with Gasteiger partial charge in [0.05, 0.1) is 6.61 Å². The van der Waals surface area contributed by atoms with Gasteiger partial charge in [0.2, 0.25) is 0 Å². The van der Waals surface area contributed by atoms with Crippen LogP contribution in [0.3, 0.4) is 0 Å². The van der Waals surface area contributed by atoms with Gasteiger partial charge in [-0.25, -0.2) is 9.59 Å². The minimum atomic E-state index is -0.628. The standard InChI is InChI=1S/C14H12O4S/c1-2-17-13(15)10-7-8-3-4-11-9(5-6-19-11)12(8)18-14(10)16/h5-7H,2-4H2,1H3. The Hall–Kier alpha value is -1.88. The van der Waals surface area contributed by atoms with Crippen LogP contribution in [0.4, 0.5) is 0 Å². The molecule has 0 atom stereocenters. The quantitative estimate of drug-likeness (QED) is 0.791. The van der Waals surface area contributed by atoms with Crippen LogP contribution < -0.4 is 5.63 Å². The Bertz CT molecular complexity index is 696. The van der Waals surface area contributed by atoms with Crippen LogP contribution in [0.5, 0.6) is 0 Å². The van der Waals surface area contributed by atoms with Gasteiger partial charge in [0.15, 0.2) is 0 Å². The summed E-state index contributed by atoms with van der Waals surface area (Å²) in [6.45, 7) is 1.94. The number of carbonyl (C=O) groups excluding carboxylic acids is 1. The minimum absolute atomic E-state index is 0.0146. The molecule has 19 heavy (non-hydrogen) atoms. The van der Waals surface area contributed by atoms with Crippen molar-refractivity contribution in [3.63, 3.8) is 0 Å². The van der Waals surface area contributed by atoms with E-state index in [0.717, 1.165) is 24.0 Å². The minimum Gasteiger partial charge on any atom is -0.462 e. The molecule has 3 rings (SSSR count). The number of aryl methyl sites for hydroxylation is 2. The van der Waals surface area contributed by atoms with Gasteiger partial charge in [-0.2, -0.15) is 0 Å². The number of rotatable bonds is 2. The van der Waals surface area contributed by atoms with Crippen molar-refractivity contribution >= 4 is 17.3 Å². The number of hydrogen-bond donors (Lipinski definition) is 0. The molecule has 0 saturated heterocycles. The molecule has 0 bridgehead atoms. The Morgan fingerprint density at radius 1 is 1.47 bits per heavy atom. The zero-order valence-corrected chi connectivity index (χ0v) is 11.2. The second kappa shape index (κ2) is 4.66. The molecule has 2 heterocycles. The third-order valence-electron chi connectivity index (χ3n) is 3.13.